The molecule has 1 N–H and O–H groups in total. The van der Waals surface area contributed by atoms with Crippen molar-refractivity contribution in [1.82, 2.24) is 15.1 Å². The van der Waals surface area contributed by atoms with Crippen LogP contribution in [0.25, 0.3) is 0 Å². The average Bonchev–Trinajstić information content (AvgIpc) is 2.90. The van der Waals surface area contributed by atoms with E-state index in [0.29, 0.717) is 5.75 Å². The molecule has 0 fully saturated rings. The van der Waals surface area contributed by atoms with Gasteiger partial charge < -0.3 is 10.1 Å². The first-order chi connectivity index (χ1) is 10.1. The average molecular weight is 291 g/mol. The van der Waals surface area contributed by atoms with Gasteiger partial charge in [0.15, 0.2) is 5.75 Å². The predicted molar refractivity (Wildman–Crippen MR) is 81.1 cm³/mol. The van der Waals surface area contributed by atoms with Crippen molar-refractivity contribution >= 4 is 0 Å². The van der Waals surface area contributed by atoms with E-state index in [0.717, 1.165) is 29.9 Å². The summed E-state index contributed by atoms with van der Waals surface area (Å²) in [6.45, 7) is 7.53. The van der Waals surface area contributed by atoms with Gasteiger partial charge in [-0.2, -0.15) is 5.10 Å². The van der Waals surface area contributed by atoms with Crippen LogP contribution in [0.5, 0.6) is 5.75 Å². The quantitative estimate of drug-likeness (QED) is 0.889. The molecular formula is C16H22FN3O. The van der Waals surface area contributed by atoms with E-state index in [2.05, 4.69) is 10.4 Å². The fraction of sp³-hybridized carbons (Fsp3) is 0.438. The monoisotopic (exact) mass is 291 g/mol. The van der Waals surface area contributed by atoms with Crippen LogP contribution in [0.15, 0.2) is 24.4 Å². The number of hydrogen-bond donors (Lipinski definition) is 1. The fourth-order valence-corrected chi connectivity index (χ4v) is 2.56. The lowest BCUT2D eigenvalue weighted by atomic mass is 9.98. The van der Waals surface area contributed by atoms with Gasteiger partial charge in [0.1, 0.15) is 11.5 Å². The SMILES string of the molecule is CCNC(c1cc(F)ccc1C)c1c(OC)cnn1CC. The summed E-state index contributed by atoms with van der Waals surface area (Å²) in [5.74, 6) is 0.478. The molecule has 0 bridgehead atoms. The smallest absolute Gasteiger partial charge is 0.161 e. The van der Waals surface area contributed by atoms with Gasteiger partial charge in [0.05, 0.1) is 19.3 Å². The maximum atomic E-state index is 13.7. The number of benzene rings is 1. The normalized spacial score (nSPS) is 12.4. The maximum absolute atomic E-state index is 13.7. The molecule has 0 saturated carbocycles. The van der Waals surface area contributed by atoms with E-state index in [1.165, 1.54) is 6.07 Å². The lowest BCUT2D eigenvalue weighted by molar-refractivity contribution is 0.399. The Balaban J connectivity index is 2.58. The zero-order chi connectivity index (χ0) is 15.4. The van der Waals surface area contributed by atoms with Gasteiger partial charge in [0.2, 0.25) is 0 Å². The van der Waals surface area contributed by atoms with Gasteiger partial charge in [0.25, 0.3) is 0 Å². The minimum absolute atomic E-state index is 0.150. The number of aryl methyl sites for hydroxylation is 2. The Hall–Kier alpha value is -1.88. The molecule has 1 atom stereocenters. The van der Waals surface area contributed by atoms with Crippen LogP contribution in [-0.4, -0.2) is 23.4 Å². The van der Waals surface area contributed by atoms with Crippen LogP contribution >= 0.6 is 0 Å². The molecule has 21 heavy (non-hydrogen) atoms. The van der Waals surface area contributed by atoms with E-state index < -0.39 is 0 Å². The van der Waals surface area contributed by atoms with Gasteiger partial charge >= 0.3 is 0 Å². The van der Waals surface area contributed by atoms with Crippen molar-refractivity contribution in [1.29, 1.82) is 0 Å². The first-order valence-electron chi connectivity index (χ1n) is 7.21. The summed E-state index contributed by atoms with van der Waals surface area (Å²) in [6, 6.07) is 4.71. The molecule has 1 aromatic carbocycles. The zero-order valence-electron chi connectivity index (χ0n) is 13.0. The molecule has 1 unspecified atom stereocenters. The number of methoxy groups -OCH3 is 1. The van der Waals surface area contributed by atoms with E-state index in [1.54, 1.807) is 25.4 Å². The highest BCUT2D eigenvalue weighted by atomic mass is 19.1. The molecule has 1 heterocycles. The van der Waals surface area contributed by atoms with Crippen LogP contribution in [0, 0.1) is 12.7 Å². The summed E-state index contributed by atoms with van der Waals surface area (Å²) < 4.78 is 21.0. The predicted octanol–water partition coefficient (Wildman–Crippen LogP) is 3.06. The van der Waals surface area contributed by atoms with Gasteiger partial charge in [-0.3, -0.25) is 4.68 Å². The van der Waals surface area contributed by atoms with Crippen molar-refractivity contribution in [3.8, 4) is 5.75 Å². The number of rotatable bonds is 6. The summed E-state index contributed by atoms with van der Waals surface area (Å²) in [5.41, 5.74) is 2.87. The second-order valence-corrected chi connectivity index (χ2v) is 4.91. The van der Waals surface area contributed by atoms with Crippen molar-refractivity contribution in [2.75, 3.05) is 13.7 Å². The van der Waals surface area contributed by atoms with Crippen LogP contribution in [0.1, 0.15) is 36.7 Å². The zero-order valence-corrected chi connectivity index (χ0v) is 13.0. The van der Waals surface area contributed by atoms with E-state index in [9.17, 15) is 4.39 Å². The maximum Gasteiger partial charge on any atom is 0.161 e. The van der Waals surface area contributed by atoms with Crippen molar-refractivity contribution in [2.45, 2.75) is 33.4 Å². The van der Waals surface area contributed by atoms with E-state index in [1.807, 2.05) is 25.5 Å². The lowest BCUT2D eigenvalue weighted by Gasteiger charge is -2.22. The summed E-state index contributed by atoms with van der Waals surface area (Å²) in [4.78, 5) is 0. The Morgan fingerprint density at radius 2 is 2.14 bits per heavy atom. The van der Waals surface area contributed by atoms with Gasteiger partial charge in [-0.25, -0.2) is 4.39 Å². The standard InChI is InChI=1S/C16H22FN3O/c1-5-18-15(13-9-12(17)8-7-11(13)3)16-14(21-4)10-19-20(16)6-2/h7-10,15,18H,5-6H2,1-4H3. The molecule has 1 aromatic heterocycles. The summed E-state index contributed by atoms with van der Waals surface area (Å²) in [6.07, 6.45) is 1.71. The van der Waals surface area contributed by atoms with Gasteiger partial charge in [-0.1, -0.05) is 13.0 Å². The number of nitrogens with one attached hydrogen (secondary N) is 1. The second kappa shape index (κ2) is 6.72. The molecule has 0 amide bonds. The number of aromatic nitrogens is 2. The molecule has 114 valence electrons. The van der Waals surface area contributed by atoms with Crippen LogP contribution in [-0.2, 0) is 6.54 Å². The van der Waals surface area contributed by atoms with Crippen LogP contribution in [0.2, 0.25) is 0 Å². The molecule has 0 aliphatic heterocycles. The molecule has 0 radical (unpaired) electrons. The van der Waals surface area contributed by atoms with Crippen molar-refractivity contribution in [3.63, 3.8) is 0 Å². The number of ether oxygens (including phenoxy) is 1. The number of halogens is 1. The highest BCUT2D eigenvalue weighted by Crippen LogP contribution is 2.32. The molecule has 0 spiro atoms. The minimum atomic E-state index is -0.236. The van der Waals surface area contributed by atoms with Gasteiger partial charge in [0, 0.05) is 6.54 Å². The molecule has 2 rings (SSSR count). The Morgan fingerprint density at radius 1 is 1.38 bits per heavy atom. The third-order valence-electron chi connectivity index (χ3n) is 3.60. The molecule has 4 nitrogen and oxygen atoms in total. The first-order valence-corrected chi connectivity index (χ1v) is 7.21. The Bertz CT molecular complexity index is 588. The largest absolute Gasteiger partial charge is 0.493 e. The highest BCUT2D eigenvalue weighted by Gasteiger charge is 2.24. The highest BCUT2D eigenvalue weighted by molar-refractivity contribution is 5.40. The lowest BCUT2D eigenvalue weighted by Crippen LogP contribution is -2.26. The van der Waals surface area contributed by atoms with Crippen LogP contribution in [0.4, 0.5) is 4.39 Å². The van der Waals surface area contributed by atoms with Crippen molar-refractivity contribution in [2.24, 2.45) is 0 Å². The van der Waals surface area contributed by atoms with E-state index in [4.69, 9.17) is 4.74 Å². The van der Waals surface area contributed by atoms with Gasteiger partial charge in [-0.05, 0) is 43.7 Å². The molecular weight excluding hydrogens is 269 g/mol. The Morgan fingerprint density at radius 3 is 2.76 bits per heavy atom. The van der Waals surface area contributed by atoms with Crippen LogP contribution < -0.4 is 10.1 Å². The number of hydrogen-bond acceptors (Lipinski definition) is 3. The first kappa shape index (κ1) is 15.5. The molecule has 0 aliphatic carbocycles. The summed E-state index contributed by atoms with van der Waals surface area (Å²) in [5, 5.41) is 7.76. The number of nitrogens with zero attached hydrogens (tertiary/aromatic N) is 2. The molecule has 2 aromatic rings. The van der Waals surface area contributed by atoms with Crippen molar-refractivity contribution in [3.05, 3.63) is 47.0 Å². The minimum Gasteiger partial charge on any atom is -0.493 e. The topological polar surface area (TPSA) is 39.1 Å². The Kier molecular flexibility index (Phi) is 4.96. The Labute approximate surface area is 124 Å². The van der Waals surface area contributed by atoms with E-state index >= 15 is 0 Å². The third-order valence-corrected chi connectivity index (χ3v) is 3.60. The third kappa shape index (κ3) is 3.08. The molecule has 0 aliphatic rings. The summed E-state index contributed by atoms with van der Waals surface area (Å²) in [7, 11) is 1.63. The van der Waals surface area contributed by atoms with Gasteiger partial charge in [-0.15, -0.1) is 0 Å². The summed E-state index contributed by atoms with van der Waals surface area (Å²) >= 11 is 0. The van der Waals surface area contributed by atoms with Crippen LogP contribution in [0.3, 0.4) is 0 Å². The molecule has 5 heteroatoms. The molecule has 0 saturated heterocycles. The fourth-order valence-electron chi connectivity index (χ4n) is 2.56. The second-order valence-electron chi connectivity index (χ2n) is 4.91. The van der Waals surface area contributed by atoms with Crippen molar-refractivity contribution < 1.29 is 9.13 Å². The van der Waals surface area contributed by atoms with E-state index in [-0.39, 0.29) is 11.9 Å².